The second kappa shape index (κ2) is 4.50. The third-order valence-corrected chi connectivity index (χ3v) is 2.97. The summed E-state index contributed by atoms with van der Waals surface area (Å²) >= 11 is 3.38. The second-order valence-electron chi connectivity index (χ2n) is 3.48. The van der Waals surface area contributed by atoms with Crippen molar-refractivity contribution in [3.63, 3.8) is 0 Å². The number of rotatable bonds is 1. The normalized spacial score (nSPS) is 15.1. The summed E-state index contributed by atoms with van der Waals surface area (Å²) in [6.07, 6.45) is 5.38. The van der Waals surface area contributed by atoms with Crippen LogP contribution in [0.5, 0.6) is 0 Å². The molecule has 0 amide bonds. The molecule has 0 saturated heterocycles. The maximum atomic E-state index is 9.06. The van der Waals surface area contributed by atoms with Gasteiger partial charge in [-0.1, -0.05) is 28.1 Å². The SMILES string of the molecule is N#Cc1cc(Br)ccc1N1CC=CCC1. The zero-order valence-corrected chi connectivity index (χ0v) is 9.87. The van der Waals surface area contributed by atoms with Crippen LogP contribution in [-0.4, -0.2) is 13.1 Å². The van der Waals surface area contributed by atoms with E-state index >= 15 is 0 Å². The fourth-order valence-corrected chi connectivity index (χ4v) is 2.09. The van der Waals surface area contributed by atoms with Crippen molar-refractivity contribution in [3.05, 3.63) is 40.4 Å². The van der Waals surface area contributed by atoms with Gasteiger partial charge < -0.3 is 4.90 Å². The number of halogens is 1. The van der Waals surface area contributed by atoms with Crippen LogP contribution >= 0.6 is 15.9 Å². The molecule has 0 unspecified atom stereocenters. The fourth-order valence-electron chi connectivity index (χ4n) is 1.73. The minimum atomic E-state index is 0.736. The van der Waals surface area contributed by atoms with Gasteiger partial charge >= 0.3 is 0 Å². The van der Waals surface area contributed by atoms with Gasteiger partial charge in [-0.15, -0.1) is 0 Å². The van der Waals surface area contributed by atoms with E-state index in [0.717, 1.165) is 35.2 Å². The minimum absolute atomic E-state index is 0.736. The molecule has 1 aromatic rings. The maximum Gasteiger partial charge on any atom is 0.101 e. The highest BCUT2D eigenvalue weighted by atomic mass is 79.9. The summed E-state index contributed by atoms with van der Waals surface area (Å²) < 4.78 is 0.954. The molecule has 1 aliphatic heterocycles. The van der Waals surface area contributed by atoms with Crippen molar-refractivity contribution in [1.82, 2.24) is 0 Å². The lowest BCUT2D eigenvalue weighted by Crippen LogP contribution is -2.27. The van der Waals surface area contributed by atoms with Crippen LogP contribution in [0.15, 0.2) is 34.8 Å². The van der Waals surface area contributed by atoms with Gasteiger partial charge in [-0.2, -0.15) is 5.26 Å². The topological polar surface area (TPSA) is 27.0 Å². The Morgan fingerprint density at radius 3 is 2.87 bits per heavy atom. The van der Waals surface area contributed by atoms with Crippen molar-refractivity contribution < 1.29 is 0 Å². The number of nitriles is 1. The first-order valence-corrected chi connectivity index (χ1v) is 5.70. The minimum Gasteiger partial charge on any atom is -0.366 e. The van der Waals surface area contributed by atoms with E-state index < -0.39 is 0 Å². The Bertz CT molecular complexity index is 432. The van der Waals surface area contributed by atoms with E-state index in [0.29, 0.717) is 0 Å². The van der Waals surface area contributed by atoms with Crippen LogP contribution in [0.3, 0.4) is 0 Å². The monoisotopic (exact) mass is 262 g/mol. The van der Waals surface area contributed by atoms with Crippen LogP contribution in [0.4, 0.5) is 5.69 Å². The van der Waals surface area contributed by atoms with Crippen molar-refractivity contribution >= 4 is 21.6 Å². The van der Waals surface area contributed by atoms with E-state index in [9.17, 15) is 0 Å². The Morgan fingerprint density at radius 2 is 2.20 bits per heavy atom. The first-order chi connectivity index (χ1) is 7.31. The fraction of sp³-hybridized carbons (Fsp3) is 0.250. The molecule has 0 bridgehead atoms. The average molecular weight is 263 g/mol. The summed E-state index contributed by atoms with van der Waals surface area (Å²) in [6.45, 7) is 1.89. The zero-order chi connectivity index (χ0) is 10.7. The first-order valence-electron chi connectivity index (χ1n) is 4.91. The summed E-state index contributed by atoms with van der Waals surface area (Å²) in [5.74, 6) is 0. The molecule has 2 nitrogen and oxygen atoms in total. The molecular formula is C12H11BrN2. The molecule has 1 aromatic carbocycles. The number of hydrogen-bond acceptors (Lipinski definition) is 2. The van der Waals surface area contributed by atoms with Gasteiger partial charge in [0.25, 0.3) is 0 Å². The number of nitrogens with zero attached hydrogens (tertiary/aromatic N) is 2. The van der Waals surface area contributed by atoms with Gasteiger partial charge in [-0.3, -0.25) is 0 Å². The van der Waals surface area contributed by atoms with Crippen molar-refractivity contribution in [2.45, 2.75) is 6.42 Å². The molecule has 0 N–H and O–H groups in total. The zero-order valence-electron chi connectivity index (χ0n) is 8.28. The molecule has 0 aromatic heterocycles. The highest BCUT2D eigenvalue weighted by molar-refractivity contribution is 9.10. The van der Waals surface area contributed by atoms with E-state index in [4.69, 9.17) is 5.26 Å². The average Bonchev–Trinajstić information content (AvgIpc) is 2.30. The Hall–Kier alpha value is -1.27. The number of hydrogen-bond donors (Lipinski definition) is 0. The first kappa shape index (κ1) is 10.3. The van der Waals surface area contributed by atoms with Crippen LogP contribution in [0.25, 0.3) is 0 Å². The number of benzene rings is 1. The van der Waals surface area contributed by atoms with E-state index in [1.54, 1.807) is 0 Å². The Labute approximate surface area is 97.9 Å². The van der Waals surface area contributed by atoms with E-state index in [1.165, 1.54) is 0 Å². The van der Waals surface area contributed by atoms with Crippen LogP contribution in [0, 0.1) is 11.3 Å². The standard InChI is InChI=1S/C12H11BrN2/c13-11-4-5-12(10(8-11)9-14)15-6-2-1-3-7-15/h1-2,4-5,8H,3,6-7H2. The van der Waals surface area contributed by atoms with Gasteiger partial charge in [0.15, 0.2) is 0 Å². The third-order valence-electron chi connectivity index (χ3n) is 2.48. The molecule has 2 rings (SSSR count). The predicted octanol–water partition coefficient (Wildman–Crippen LogP) is 3.09. The lowest BCUT2D eigenvalue weighted by molar-refractivity contribution is 0.819. The highest BCUT2D eigenvalue weighted by Gasteiger charge is 2.11. The second-order valence-corrected chi connectivity index (χ2v) is 4.40. The molecule has 76 valence electrons. The molecule has 3 heteroatoms. The molecule has 0 fully saturated rings. The molecule has 0 radical (unpaired) electrons. The molecule has 15 heavy (non-hydrogen) atoms. The third kappa shape index (κ3) is 2.21. The smallest absolute Gasteiger partial charge is 0.101 e. The summed E-state index contributed by atoms with van der Waals surface area (Å²) in [5, 5.41) is 9.06. The largest absolute Gasteiger partial charge is 0.366 e. The Kier molecular flexibility index (Phi) is 3.08. The van der Waals surface area contributed by atoms with Gasteiger partial charge in [0.2, 0.25) is 0 Å². The molecule has 1 aliphatic rings. The lowest BCUT2D eigenvalue weighted by atomic mass is 10.1. The molecule has 0 spiro atoms. The highest BCUT2D eigenvalue weighted by Crippen LogP contribution is 2.25. The molecule has 0 saturated carbocycles. The van der Waals surface area contributed by atoms with Gasteiger partial charge in [-0.25, -0.2) is 0 Å². The van der Waals surface area contributed by atoms with E-state index in [-0.39, 0.29) is 0 Å². The van der Waals surface area contributed by atoms with Gasteiger partial charge in [0, 0.05) is 17.6 Å². The van der Waals surface area contributed by atoms with Crippen LogP contribution in [0.1, 0.15) is 12.0 Å². The molecule has 0 aliphatic carbocycles. The Balaban J connectivity index is 2.35. The van der Waals surface area contributed by atoms with E-state index in [2.05, 4.69) is 39.1 Å². The predicted molar refractivity (Wildman–Crippen MR) is 64.8 cm³/mol. The summed E-state index contributed by atoms with van der Waals surface area (Å²) in [4.78, 5) is 2.23. The van der Waals surface area contributed by atoms with Gasteiger partial charge in [0.1, 0.15) is 6.07 Å². The van der Waals surface area contributed by atoms with Crippen LogP contribution in [0.2, 0.25) is 0 Å². The van der Waals surface area contributed by atoms with Crippen molar-refractivity contribution in [1.29, 1.82) is 5.26 Å². The maximum absolute atomic E-state index is 9.06. The van der Waals surface area contributed by atoms with Crippen LogP contribution < -0.4 is 4.90 Å². The van der Waals surface area contributed by atoms with Crippen molar-refractivity contribution in [3.8, 4) is 6.07 Å². The quantitative estimate of drug-likeness (QED) is 0.728. The van der Waals surface area contributed by atoms with Crippen molar-refractivity contribution in [2.24, 2.45) is 0 Å². The summed E-state index contributed by atoms with van der Waals surface area (Å²) in [7, 11) is 0. The summed E-state index contributed by atoms with van der Waals surface area (Å²) in [5.41, 5.74) is 1.77. The molecule has 1 heterocycles. The van der Waals surface area contributed by atoms with Gasteiger partial charge in [-0.05, 0) is 24.6 Å². The Morgan fingerprint density at radius 1 is 1.33 bits per heavy atom. The van der Waals surface area contributed by atoms with E-state index in [1.807, 2.05) is 18.2 Å². The molecule has 0 atom stereocenters. The summed E-state index contributed by atoms with van der Waals surface area (Å²) in [6, 6.07) is 8.09. The van der Waals surface area contributed by atoms with Gasteiger partial charge in [0.05, 0.1) is 11.3 Å². The van der Waals surface area contributed by atoms with Crippen LogP contribution in [-0.2, 0) is 0 Å². The molecular weight excluding hydrogens is 252 g/mol. The van der Waals surface area contributed by atoms with Crippen molar-refractivity contribution in [2.75, 3.05) is 18.0 Å². The number of anilines is 1. The lowest BCUT2D eigenvalue weighted by Gasteiger charge is -2.26.